The van der Waals surface area contributed by atoms with Crippen LogP contribution in [0.4, 0.5) is 0 Å². The highest BCUT2D eigenvalue weighted by Gasteiger charge is 2.28. The molecule has 88 valence electrons. The van der Waals surface area contributed by atoms with Gasteiger partial charge in [0, 0.05) is 26.2 Å². The lowest BCUT2D eigenvalue weighted by Gasteiger charge is -2.04. The topological polar surface area (TPSA) is 44.8 Å². The van der Waals surface area contributed by atoms with Gasteiger partial charge in [0.2, 0.25) is 0 Å². The Morgan fingerprint density at radius 1 is 1.13 bits per heavy atom. The van der Waals surface area contributed by atoms with Crippen molar-refractivity contribution in [3.63, 3.8) is 0 Å². The van der Waals surface area contributed by atoms with Crippen molar-refractivity contribution in [3.8, 4) is 0 Å². The van der Waals surface area contributed by atoms with Gasteiger partial charge in [-0.15, -0.1) is 0 Å². The number of hydrogen-bond donors (Lipinski definition) is 0. The van der Waals surface area contributed by atoms with E-state index in [4.69, 9.17) is 14.2 Å². The molecule has 0 aromatic carbocycles. The summed E-state index contributed by atoms with van der Waals surface area (Å²) >= 11 is 0. The molecule has 4 heteroatoms. The largest absolute Gasteiger partial charge is 0.385 e. The van der Waals surface area contributed by atoms with E-state index in [1.165, 1.54) is 0 Å². The van der Waals surface area contributed by atoms with Crippen molar-refractivity contribution >= 4 is 5.78 Å². The Morgan fingerprint density at radius 3 is 2.53 bits per heavy atom. The van der Waals surface area contributed by atoms with Gasteiger partial charge < -0.3 is 14.2 Å². The molecule has 1 rings (SSSR count). The fourth-order valence-corrected chi connectivity index (χ4v) is 1.22. The molecule has 0 radical (unpaired) electrons. The van der Waals surface area contributed by atoms with Gasteiger partial charge in [0.15, 0.2) is 5.78 Å². The zero-order chi connectivity index (χ0) is 10.9. The Morgan fingerprint density at radius 2 is 1.87 bits per heavy atom. The molecular formula is C11H20O4. The molecule has 0 amide bonds. The van der Waals surface area contributed by atoms with Gasteiger partial charge in [-0.05, 0) is 19.3 Å². The van der Waals surface area contributed by atoms with E-state index in [0.29, 0.717) is 25.7 Å². The summed E-state index contributed by atoms with van der Waals surface area (Å²) in [5, 5.41) is 0. The molecule has 1 aliphatic carbocycles. The van der Waals surface area contributed by atoms with Crippen LogP contribution < -0.4 is 0 Å². The smallest absolute Gasteiger partial charge is 0.161 e. The number of carbonyl (C=O) groups is 1. The van der Waals surface area contributed by atoms with E-state index < -0.39 is 0 Å². The molecule has 0 bridgehead atoms. The van der Waals surface area contributed by atoms with E-state index in [2.05, 4.69) is 0 Å². The first-order valence-electron chi connectivity index (χ1n) is 5.51. The van der Waals surface area contributed by atoms with Crippen LogP contribution in [0.3, 0.4) is 0 Å². The molecule has 0 atom stereocenters. The van der Waals surface area contributed by atoms with E-state index in [-0.39, 0.29) is 12.4 Å². The summed E-state index contributed by atoms with van der Waals surface area (Å²) in [4.78, 5) is 11.2. The van der Waals surface area contributed by atoms with Gasteiger partial charge in [0.25, 0.3) is 0 Å². The van der Waals surface area contributed by atoms with Crippen LogP contribution >= 0.6 is 0 Å². The highest BCUT2D eigenvalue weighted by molar-refractivity contribution is 5.84. The SMILES string of the molecule is COCCCOCCOCC(=O)C1CC1. The summed E-state index contributed by atoms with van der Waals surface area (Å²) in [5.41, 5.74) is 0. The fraction of sp³-hybridized carbons (Fsp3) is 0.909. The first-order valence-corrected chi connectivity index (χ1v) is 5.51. The van der Waals surface area contributed by atoms with E-state index in [0.717, 1.165) is 25.9 Å². The Kier molecular flexibility index (Phi) is 6.55. The molecule has 0 heterocycles. The van der Waals surface area contributed by atoms with Crippen molar-refractivity contribution < 1.29 is 19.0 Å². The summed E-state index contributed by atoms with van der Waals surface area (Å²) in [6.45, 7) is 2.73. The van der Waals surface area contributed by atoms with Crippen molar-refractivity contribution in [2.24, 2.45) is 5.92 Å². The lowest BCUT2D eigenvalue weighted by Crippen LogP contribution is -2.14. The number of Topliss-reactive ketones (excluding diaryl/α,β-unsaturated/α-hetero) is 1. The van der Waals surface area contributed by atoms with Crippen molar-refractivity contribution in [1.82, 2.24) is 0 Å². The second-order valence-corrected chi connectivity index (χ2v) is 3.75. The molecule has 15 heavy (non-hydrogen) atoms. The lowest BCUT2D eigenvalue weighted by molar-refractivity contribution is -0.125. The third-order valence-electron chi connectivity index (χ3n) is 2.29. The molecule has 1 saturated carbocycles. The highest BCUT2D eigenvalue weighted by Crippen LogP contribution is 2.29. The normalized spacial score (nSPS) is 15.5. The van der Waals surface area contributed by atoms with Crippen LogP contribution in [0.25, 0.3) is 0 Å². The van der Waals surface area contributed by atoms with Crippen molar-refractivity contribution in [1.29, 1.82) is 0 Å². The van der Waals surface area contributed by atoms with Gasteiger partial charge in [-0.1, -0.05) is 0 Å². The van der Waals surface area contributed by atoms with Crippen LogP contribution in [0.15, 0.2) is 0 Å². The second kappa shape index (κ2) is 7.79. The third kappa shape index (κ3) is 6.60. The van der Waals surface area contributed by atoms with Crippen molar-refractivity contribution in [2.45, 2.75) is 19.3 Å². The molecule has 4 nitrogen and oxygen atoms in total. The summed E-state index contributed by atoms with van der Waals surface area (Å²) in [7, 11) is 1.67. The minimum Gasteiger partial charge on any atom is -0.385 e. The Labute approximate surface area is 90.9 Å². The first-order chi connectivity index (χ1) is 7.34. The standard InChI is InChI=1S/C11H20O4/c1-13-5-2-6-14-7-8-15-9-11(12)10-3-4-10/h10H,2-9H2,1H3. The van der Waals surface area contributed by atoms with Crippen molar-refractivity contribution in [3.05, 3.63) is 0 Å². The summed E-state index contributed by atoms with van der Waals surface area (Å²) in [5.74, 6) is 0.544. The monoisotopic (exact) mass is 216 g/mol. The lowest BCUT2D eigenvalue weighted by atomic mass is 10.3. The molecule has 1 fully saturated rings. The van der Waals surface area contributed by atoms with E-state index in [9.17, 15) is 4.79 Å². The maximum absolute atomic E-state index is 11.2. The zero-order valence-electron chi connectivity index (χ0n) is 9.37. The van der Waals surface area contributed by atoms with Crippen LogP contribution in [0.2, 0.25) is 0 Å². The van der Waals surface area contributed by atoms with E-state index >= 15 is 0 Å². The predicted molar refractivity (Wildman–Crippen MR) is 55.9 cm³/mol. The second-order valence-electron chi connectivity index (χ2n) is 3.75. The quantitative estimate of drug-likeness (QED) is 0.512. The number of ether oxygens (including phenoxy) is 3. The van der Waals surface area contributed by atoms with Gasteiger partial charge in [-0.2, -0.15) is 0 Å². The molecular weight excluding hydrogens is 196 g/mol. The van der Waals surface area contributed by atoms with Crippen molar-refractivity contribution in [2.75, 3.05) is 40.1 Å². The maximum atomic E-state index is 11.2. The number of ketones is 1. The average molecular weight is 216 g/mol. The first kappa shape index (κ1) is 12.6. The molecule has 0 spiro atoms. The molecule has 0 aliphatic heterocycles. The number of hydrogen-bond acceptors (Lipinski definition) is 4. The van der Waals surface area contributed by atoms with Crippen LogP contribution in [0, 0.1) is 5.92 Å². The third-order valence-corrected chi connectivity index (χ3v) is 2.29. The molecule has 0 saturated heterocycles. The highest BCUT2D eigenvalue weighted by atomic mass is 16.5. The molecule has 0 N–H and O–H groups in total. The van der Waals surface area contributed by atoms with Gasteiger partial charge in [0.05, 0.1) is 13.2 Å². The molecule has 1 aliphatic rings. The number of methoxy groups -OCH3 is 1. The van der Waals surface area contributed by atoms with Gasteiger partial charge in [-0.25, -0.2) is 0 Å². The Hall–Kier alpha value is -0.450. The maximum Gasteiger partial charge on any atom is 0.161 e. The Bertz CT molecular complexity index is 177. The number of rotatable bonds is 10. The van der Waals surface area contributed by atoms with Gasteiger partial charge >= 0.3 is 0 Å². The van der Waals surface area contributed by atoms with E-state index in [1.807, 2.05) is 0 Å². The minimum absolute atomic E-state index is 0.245. The number of carbonyl (C=O) groups excluding carboxylic acids is 1. The summed E-state index contributed by atoms with van der Waals surface area (Å²) in [6.07, 6.45) is 3.00. The molecule has 0 aromatic rings. The Balaban J connectivity index is 1.74. The molecule has 0 aromatic heterocycles. The van der Waals surface area contributed by atoms with Crippen LogP contribution in [-0.4, -0.2) is 45.9 Å². The van der Waals surface area contributed by atoms with E-state index in [1.54, 1.807) is 7.11 Å². The zero-order valence-corrected chi connectivity index (χ0v) is 9.37. The minimum atomic E-state index is 0.245. The average Bonchev–Trinajstić information content (AvgIpc) is 3.05. The predicted octanol–water partition coefficient (Wildman–Crippen LogP) is 1.04. The van der Waals surface area contributed by atoms with Gasteiger partial charge in [0.1, 0.15) is 6.61 Å². The van der Waals surface area contributed by atoms with Crippen LogP contribution in [0.5, 0.6) is 0 Å². The fourth-order valence-electron chi connectivity index (χ4n) is 1.22. The summed E-state index contributed by atoms with van der Waals surface area (Å²) < 4.78 is 15.4. The molecule has 0 unspecified atom stereocenters. The van der Waals surface area contributed by atoms with Crippen LogP contribution in [0.1, 0.15) is 19.3 Å². The summed E-state index contributed by atoms with van der Waals surface area (Å²) in [6, 6.07) is 0. The van der Waals surface area contributed by atoms with Gasteiger partial charge in [-0.3, -0.25) is 4.79 Å². The van der Waals surface area contributed by atoms with Crippen LogP contribution in [-0.2, 0) is 19.0 Å².